The van der Waals surface area contributed by atoms with Crippen LogP contribution < -0.4 is 14.2 Å². The zero-order chi connectivity index (χ0) is 38.7. The van der Waals surface area contributed by atoms with Crippen molar-refractivity contribution in [2.75, 3.05) is 26.4 Å². The summed E-state index contributed by atoms with van der Waals surface area (Å²) < 4.78 is 31.9. The van der Waals surface area contributed by atoms with Crippen molar-refractivity contribution in [2.45, 2.75) is 32.6 Å². The maximum Gasteiger partial charge on any atom is 0.343 e. The maximum absolute atomic E-state index is 12.8. The molecule has 0 amide bonds. The molecule has 0 heterocycles. The Bertz CT molecular complexity index is 1880. The molecule has 4 rings (SSSR count). The summed E-state index contributed by atoms with van der Waals surface area (Å²) in [7, 11) is 0. The van der Waals surface area contributed by atoms with E-state index < -0.39 is 29.8 Å². The highest BCUT2D eigenvalue weighted by Gasteiger charge is 2.14. The Morgan fingerprint density at radius 1 is 0.500 bits per heavy atom. The van der Waals surface area contributed by atoms with E-state index in [9.17, 15) is 24.0 Å². The quantitative estimate of drug-likeness (QED) is 0.0287. The first-order valence-electron chi connectivity index (χ1n) is 17.4. The number of hydrogen-bond donors (Lipinski definition) is 0. The minimum Gasteiger partial charge on any atom is -0.494 e. The van der Waals surface area contributed by atoms with Gasteiger partial charge in [-0.3, -0.25) is 0 Å². The number of rotatable bonds is 20. The predicted molar refractivity (Wildman–Crippen MR) is 200 cm³/mol. The van der Waals surface area contributed by atoms with Gasteiger partial charge in [-0.25, -0.2) is 24.0 Å². The summed E-state index contributed by atoms with van der Waals surface area (Å²) in [6.45, 7) is 9.96. The van der Waals surface area contributed by atoms with Gasteiger partial charge in [-0.15, -0.1) is 0 Å². The second-order valence-corrected chi connectivity index (χ2v) is 12.0. The molecule has 0 saturated carbocycles. The van der Waals surface area contributed by atoms with Crippen molar-refractivity contribution in [1.29, 1.82) is 0 Å². The summed E-state index contributed by atoms with van der Waals surface area (Å²) in [4.78, 5) is 60.1. The Hall–Kier alpha value is -6.49. The fourth-order valence-electron chi connectivity index (χ4n) is 4.82. The molecule has 0 aliphatic carbocycles. The molecule has 0 aliphatic heterocycles. The zero-order valence-corrected chi connectivity index (χ0v) is 30.0. The Labute approximate surface area is 314 Å². The number of hydrogen-bond acceptors (Lipinski definition) is 11. The third kappa shape index (κ3) is 13.2. The summed E-state index contributed by atoms with van der Waals surface area (Å²) in [6, 6.07) is 26.5. The fraction of sp³-hybridized carbons (Fsp3) is 0.233. The molecule has 0 radical (unpaired) electrons. The number of ether oxygens (including phenoxy) is 6. The summed E-state index contributed by atoms with van der Waals surface area (Å²) in [5.41, 5.74) is 2.73. The summed E-state index contributed by atoms with van der Waals surface area (Å²) in [6.07, 6.45) is 4.88. The van der Waals surface area contributed by atoms with Crippen LogP contribution >= 0.6 is 0 Å². The van der Waals surface area contributed by atoms with E-state index in [1.165, 1.54) is 24.3 Å². The van der Waals surface area contributed by atoms with Gasteiger partial charge in [0.2, 0.25) is 0 Å². The van der Waals surface area contributed by atoms with Crippen molar-refractivity contribution in [2.24, 2.45) is 5.92 Å². The minimum atomic E-state index is -0.581. The second-order valence-electron chi connectivity index (χ2n) is 12.0. The minimum absolute atomic E-state index is 0.211. The lowest BCUT2D eigenvalue weighted by Crippen LogP contribution is -2.11. The Morgan fingerprint density at radius 2 is 0.889 bits per heavy atom. The van der Waals surface area contributed by atoms with Gasteiger partial charge in [0.1, 0.15) is 17.2 Å². The molecule has 1 unspecified atom stereocenters. The van der Waals surface area contributed by atoms with Gasteiger partial charge in [-0.05, 0) is 116 Å². The third-order valence-electron chi connectivity index (χ3n) is 7.99. The van der Waals surface area contributed by atoms with Crippen LogP contribution in [0.2, 0.25) is 0 Å². The topological polar surface area (TPSA) is 141 Å². The average Bonchev–Trinajstić information content (AvgIpc) is 3.19. The molecule has 0 bridgehead atoms. The first-order valence-corrected chi connectivity index (χ1v) is 17.4. The molecule has 0 aromatic heterocycles. The monoisotopic (exact) mass is 734 g/mol. The zero-order valence-electron chi connectivity index (χ0n) is 30.0. The molecule has 0 N–H and O–H groups in total. The smallest absolute Gasteiger partial charge is 0.343 e. The van der Waals surface area contributed by atoms with Crippen LogP contribution in [0.4, 0.5) is 0 Å². The van der Waals surface area contributed by atoms with Crippen molar-refractivity contribution in [3.05, 3.63) is 139 Å². The Morgan fingerprint density at radius 3 is 1.41 bits per heavy atom. The standard InChI is InChI=1S/C43H42O11/c1-4-39(44)50-27-7-6-26-49-36-18-14-34(15-19-36)42(47)54-38-22-16-35(17-23-38)43(48)53-37-20-12-32(13-21-37)31-8-10-33(11-9-31)41(46)52-29-25-30(3)24-28-51-40(45)5-2/h4-5,8-23,30H,1-2,6-7,24-29H2,3H3. The summed E-state index contributed by atoms with van der Waals surface area (Å²) in [5, 5.41) is 0. The van der Waals surface area contributed by atoms with Crippen LogP contribution in [0.25, 0.3) is 11.1 Å². The highest BCUT2D eigenvalue weighted by Crippen LogP contribution is 2.24. The fourth-order valence-corrected chi connectivity index (χ4v) is 4.82. The van der Waals surface area contributed by atoms with Crippen LogP contribution in [0.3, 0.4) is 0 Å². The SMILES string of the molecule is C=CC(=O)OCCCCOc1ccc(C(=O)Oc2ccc(C(=O)Oc3ccc(-c4ccc(C(=O)OCCC(C)CCOC(=O)C=C)cc4)cc3)cc2)cc1. The molecule has 4 aromatic rings. The maximum atomic E-state index is 12.8. The van der Waals surface area contributed by atoms with Gasteiger partial charge in [0.15, 0.2) is 0 Å². The normalized spacial score (nSPS) is 11.0. The molecule has 280 valence electrons. The van der Waals surface area contributed by atoms with Crippen LogP contribution in [0.5, 0.6) is 17.2 Å². The summed E-state index contributed by atoms with van der Waals surface area (Å²) >= 11 is 0. The van der Waals surface area contributed by atoms with E-state index >= 15 is 0 Å². The van der Waals surface area contributed by atoms with Crippen molar-refractivity contribution in [1.82, 2.24) is 0 Å². The second kappa shape index (κ2) is 21.1. The molecule has 1 atom stereocenters. The van der Waals surface area contributed by atoms with Crippen molar-refractivity contribution in [3.63, 3.8) is 0 Å². The van der Waals surface area contributed by atoms with E-state index in [0.29, 0.717) is 61.5 Å². The van der Waals surface area contributed by atoms with Crippen molar-refractivity contribution in [3.8, 4) is 28.4 Å². The molecule has 0 aliphatic rings. The first-order chi connectivity index (χ1) is 26.1. The first kappa shape index (κ1) is 40.3. The highest BCUT2D eigenvalue weighted by atomic mass is 16.5. The third-order valence-corrected chi connectivity index (χ3v) is 7.99. The highest BCUT2D eigenvalue weighted by molar-refractivity contribution is 5.93. The number of carbonyl (C=O) groups excluding carboxylic acids is 5. The lowest BCUT2D eigenvalue weighted by atomic mass is 10.0. The molecular weight excluding hydrogens is 692 g/mol. The van der Waals surface area contributed by atoms with Crippen molar-refractivity contribution >= 4 is 29.8 Å². The van der Waals surface area contributed by atoms with E-state index in [-0.39, 0.29) is 30.4 Å². The number of unbranched alkanes of at least 4 members (excludes halogenated alkanes) is 1. The van der Waals surface area contributed by atoms with Gasteiger partial charge >= 0.3 is 29.8 Å². The van der Waals surface area contributed by atoms with Gasteiger partial charge < -0.3 is 28.4 Å². The average molecular weight is 735 g/mol. The van der Waals surface area contributed by atoms with E-state index in [2.05, 4.69) is 13.2 Å². The lowest BCUT2D eigenvalue weighted by Gasteiger charge is -2.12. The van der Waals surface area contributed by atoms with E-state index in [4.69, 9.17) is 28.4 Å². The van der Waals surface area contributed by atoms with Crippen molar-refractivity contribution < 1.29 is 52.4 Å². The Balaban J connectivity index is 1.18. The van der Waals surface area contributed by atoms with Crippen LogP contribution in [-0.2, 0) is 23.8 Å². The van der Waals surface area contributed by atoms with E-state index in [1.807, 2.05) is 19.1 Å². The summed E-state index contributed by atoms with van der Waals surface area (Å²) in [5.74, 6) is -1.09. The largest absolute Gasteiger partial charge is 0.494 e. The van der Waals surface area contributed by atoms with E-state index in [0.717, 1.165) is 23.3 Å². The van der Waals surface area contributed by atoms with Crippen LogP contribution in [0, 0.1) is 5.92 Å². The molecule has 11 heteroatoms. The number of carbonyl (C=O) groups is 5. The van der Waals surface area contributed by atoms with Crippen LogP contribution in [-0.4, -0.2) is 56.3 Å². The van der Waals surface area contributed by atoms with Gasteiger partial charge in [0.25, 0.3) is 0 Å². The molecule has 4 aromatic carbocycles. The molecule has 54 heavy (non-hydrogen) atoms. The predicted octanol–water partition coefficient (Wildman–Crippen LogP) is 7.98. The van der Waals surface area contributed by atoms with Crippen LogP contribution in [0.1, 0.15) is 63.7 Å². The molecule has 0 fully saturated rings. The molecular formula is C43H42O11. The molecule has 11 nitrogen and oxygen atoms in total. The van der Waals surface area contributed by atoms with Gasteiger partial charge in [0, 0.05) is 12.2 Å². The molecule has 0 spiro atoms. The lowest BCUT2D eigenvalue weighted by molar-refractivity contribution is -0.138. The Kier molecular flexibility index (Phi) is 15.8. The van der Waals surface area contributed by atoms with Gasteiger partial charge in [0.05, 0.1) is 43.1 Å². The van der Waals surface area contributed by atoms with Gasteiger partial charge in [-0.2, -0.15) is 0 Å². The molecule has 0 saturated heterocycles. The number of esters is 5. The van der Waals surface area contributed by atoms with Gasteiger partial charge in [-0.1, -0.05) is 44.3 Å². The number of benzene rings is 4. The van der Waals surface area contributed by atoms with Crippen LogP contribution in [0.15, 0.2) is 122 Å². The van der Waals surface area contributed by atoms with E-state index in [1.54, 1.807) is 60.7 Å².